The first-order chi connectivity index (χ1) is 13.3. The van der Waals surface area contributed by atoms with Gasteiger partial charge in [-0.2, -0.15) is 0 Å². The molecular weight excluding hydrogens is 368 g/mol. The zero-order valence-corrected chi connectivity index (χ0v) is 16.5. The smallest absolute Gasteiger partial charge is 0.345 e. The van der Waals surface area contributed by atoms with Crippen molar-refractivity contribution in [3.05, 3.63) is 27.8 Å². The minimum absolute atomic E-state index is 0.0327. The Bertz CT molecular complexity index is 750. The Morgan fingerprint density at radius 1 is 1.18 bits per heavy atom. The summed E-state index contributed by atoms with van der Waals surface area (Å²) in [5.74, 6) is -0.301. The number of ether oxygens (including phenoxy) is 3. The van der Waals surface area contributed by atoms with Gasteiger partial charge in [-0.1, -0.05) is 26.7 Å². The third kappa shape index (κ3) is 4.90. The van der Waals surface area contributed by atoms with Gasteiger partial charge in [0, 0.05) is 12.1 Å². The van der Waals surface area contributed by atoms with Crippen LogP contribution in [0, 0.1) is 22.0 Å². The molecule has 0 saturated heterocycles. The second kappa shape index (κ2) is 9.38. The molecule has 1 fully saturated rings. The lowest BCUT2D eigenvalue weighted by Gasteiger charge is -2.34. The van der Waals surface area contributed by atoms with Gasteiger partial charge in [0.15, 0.2) is 18.1 Å². The van der Waals surface area contributed by atoms with Crippen molar-refractivity contribution in [2.45, 2.75) is 39.2 Å². The van der Waals surface area contributed by atoms with E-state index in [1.54, 1.807) is 0 Å². The van der Waals surface area contributed by atoms with E-state index in [0.29, 0.717) is 11.8 Å². The molecule has 0 radical (unpaired) electrons. The van der Waals surface area contributed by atoms with Crippen molar-refractivity contribution >= 4 is 17.6 Å². The number of amides is 1. The fourth-order valence-corrected chi connectivity index (χ4v) is 3.43. The van der Waals surface area contributed by atoms with Gasteiger partial charge in [0.25, 0.3) is 11.6 Å². The molecule has 0 aliphatic heterocycles. The molecule has 1 amide bonds. The number of carbonyl (C=O) groups is 2. The number of rotatable bonds is 7. The molecular formula is C19H26N2O7. The normalized spacial score (nSPS) is 21.5. The third-order valence-electron chi connectivity index (χ3n) is 5.31. The molecule has 0 heterocycles. The van der Waals surface area contributed by atoms with Crippen LogP contribution >= 0.6 is 0 Å². The van der Waals surface area contributed by atoms with Crippen molar-refractivity contribution in [3.63, 3.8) is 0 Å². The summed E-state index contributed by atoms with van der Waals surface area (Å²) in [6, 6.07) is 2.29. The molecule has 2 rings (SSSR count). The van der Waals surface area contributed by atoms with Gasteiger partial charge in [-0.15, -0.1) is 0 Å². The number of nitrogens with one attached hydrogen (secondary N) is 1. The molecule has 1 aromatic carbocycles. The quantitative estimate of drug-likeness (QED) is 0.429. The van der Waals surface area contributed by atoms with Crippen LogP contribution in [0.15, 0.2) is 12.1 Å². The Kier molecular flexibility index (Phi) is 7.19. The van der Waals surface area contributed by atoms with Crippen LogP contribution in [0.4, 0.5) is 5.69 Å². The Morgan fingerprint density at radius 2 is 1.82 bits per heavy atom. The number of methoxy groups -OCH3 is 2. The minimum atomic E-state index is -0.979. The number of carbonyl (C=O) groups excluding carboxylic acids is 2. The SMILES string of the molecule is COc1cc(C(=O)OCC(=O)N[C@H]2CCC[C@H](C)[C@@H]2C)c([N+](=O)[O-])cc1OC. The molecule has 28 heavy (non-hydrogen) atoms. The average Bonchev–Trinajstić information content (AvgIpc) is 2.68. The summed E-state index contributed by atoms with van der Waals surface area (Å²) in [5, 5.41) is 14.2. The molecule has 0 spiro atoms. The molecule has 0 unspecified atom stereocenters. The first kappa shape index (κ1) is 21.5. The van der Waals surface area contributed by atoms with Crippen LogP contribution in [0.5, 0.6) is 11.5 Å². The summed E-state index contributed by atoms with van der Waals surface area (Å²) in [7, 11) is 2.68. The van der Waals surface area contributed by atoms with E-state index in [4.69, 9.17) is 14.2 Å². The van der Waals surface area contributed by atoms with Gasteiger partial charge < -0.3 is 19.5 Å². The van der Waals surface area contributed by atoms with Gasteiger partial charge >= 0.3 is 5.97 Å². The van der Waals surface area contributed by atoms with Crippen molar-refractivity contribution in [2.75, 3.05) is 20.8 Å². The van der Waals surface area contributed by atoms with E-state index in [9.17, 15) is 19.7 Å². The molecule has 1 aromatic rings. The fraction of sp³-hybridized carbons (Fsp3) is 0.579. The van der Waals surface area contributed by atoms with Gasteiger partial charge in [-0.25, -0.2) is 4.79 Å². The van der Waals surface area contributed by atoms with Crippen LogP contribution in [0.2, 0.25) is 0 Å². The Hall–Kier alpha value is -2.84. The summed E-state index contributed by atoms with van der Waals surface area (Å²) in [4.78, 5) is 35.1. The molecule has 0 bridgehead atoms. The van der Waals surface area contributed by atoms with Crippen molar-refractivity contribution < 1.29 is 28.7 Å². The number of hydrogen-bond donors (Lipinski definition) is 1. The largest absolute Gasteiger partial charge is 0.493 e. The highest BCUT2D eigenvalue weighted by Gasteiger charge is 2.29. The average molecular weight is 394 g/mol. The van der Waals surface area contributed by atoms with Gasteiger partial charge in [0.1, 0.15) is 5.56 Å². The van der Waals surface area contributed by atoms with Gasteiger partial charge in [-0.05, 0) is 18.3 Å². The maximum absolute atomic E-state index is 12.3. The summed E-state index contributed by atoms with van der Waals surface area (Å²) >= 11 is 0. The van der Waals surface area contributed by atoms with E-state index in [-0.39, 0.29) is 23.1 Å². The van der Waals surface area contributed by atoms with Crippen LogP contribution in [0.1, 0.15) is 43.5 Å². The summed E-state index contributed by atoms with van der Waals surface area (Å²) in [5.41, 5.74) is -0.798. The minimum Gasteiger partial charge on any atom is -0.493 e. The molecule has 0 aromatic heterocycles. The number of nitro groups is 1. The Labute approximate surface area is 163 Å². The molecule has 3 atom stereocenters. The highest BCUT2D eigenvalue weighted by Crippen LogP contribution is 2.35. The zero-order chi connectivity index (χ0) is 20.8. The first-order valence-electron chi connectivity index (χ1n) is 9.15. The standard InChI is InChI=1S/C19H26N2O7/c1-11-6-5-7-14(12(11)2)20-18(22)10-28-19(23)13-8-16(26-3)17(27-4)9-15(13)21(24)25/h8-9,11-12,14H,5-7,10H2,1-4H3,(H,20,22)/t11-,12-,14-/m0/s1. The second-order valence-electron chi connectivity index (χ2n) is 7.00. The summed E-state index contributed by atoms with van der Waals surface area (Å²) in [6.45, 7) is 3.73. The van der Waals surface area contributed by atoms with E-state index in [1.165, 1.54) is 20.3 Å². The lowest BCUT2D eigenvalue weighted by atomic mass is 9.78. The third-order valence-corrected chi connectivity index (χ3v) is 5.31. The monoisotopic (exact) mass is 394 g/mol. The van der Waals surface area contributed by atoms with Crippen LogP contribution in [0.25, 0.3) is 0 Å². The maximum Gasteiger partial charge on any atom is 0.345 e. The number of nitro benzene ring substituents is 1. The molecule has 9 heteroatoms. The van der Waals surface area contributed by atoms with Gasteiger partial charge in [-0.3, -0.25) is 14.9 Å². The fourth-order valence-electron chi connectivity index (χ4n) is 3.43. The molecule has 1 saturated carbocycles. The van der Waals surface area contributed by atoms with Crippen LogP contribution < -0.4 is 14.8 Å². The highest BCUT2D eigenvalue weighted by molar-refractivity contribution is 5.96. The summed E-state index contributed by atoms with van der Waals surface area (Å²) < 4.78 is 15.1. The molecule has 154 valence electrons. The van der Waals surface area contributed by atoms with Crippen LogP contribution in [-0.2, 0) is 9.53 Å². The molecule has 1 N–H and O–H groups in total. The predicted molar refractivity (Wildman–Crippen MR) is 101 cm³/mol. The van der Waals surface area contributed by atoms with E-state index >= 15 is 0 Å². The number of esters is 1. The second-order valence-corrected chi connectivity index (χ2v) is 7.00. The van der Waals surface area contributed by atoms with Gasteiger partial charge in [0.05, 0.1) is 25.2 Å². The Balaban J connectivity index is 2.06. The maximum atomic E-state index is 12.3. The van der Waals surface area contributed by atoms with Crippen molar-refractivity contribution in [1.29, 1.82) is 0 Å². The molecule has 1 aliphatic rings. The highest BCUT2D eigenvalue weighted by atomic mass is 16.6. The predicted octanol–water partition coefficient (Wildman–Crippen LogP) is 2.71. The Morgan fingerprint density at radius 3 is 2.43 bits per heavy atom. The van der Waals surface area contributed by atoms with Crippen molar-refractivity contribution in [1.82, 2.24) is 5.32 Å². The lowest BCUT2D eigenvalue weighted by Crippen LogP contribution is -2.45. The van der Waals surface area contributed by atoms with Crippen molar-refractivity contribution in [2.24, 2.45) is 11.8 Å². The molecule has 1 aliphatic carbocycles. The first-order valence-corrected chi connectivity index (χ1v) is 9.15. The lowest BCUT2D eigenvalue weighted by molar-refractivity contribution is -0.385. The van der Waals surface area contributed by atoms with Gasteiger partial charge in [0.2, 0.25) is 0 Å². The van der Waals surface area contributed by atoms with Crippen LogP contribution in [-0.4, -0.2) is 43.7 Å². The van der Waals surface area contributed by atoms with E-state index in [0.717, 1.165) is 25.3 Å². The van der Waals surface area contributed by atoms with E-state index < -0.39 is 29.1 Å². The number of benzene rings is 1. The van der Waals surface area contributed by atoms with E-state index in [2.05, 4.69) is 19.2 Å². The number of nitrogens with zero attached hydrogens (tertiary/aromatic N) is 1. The number of hydrogen-bond acceptors (Lipinski definition) is 7. The topological polar surface area (TPSA) is 117 Å². The molecule has 9 nitrogen and oxygen atoms in total. The van der Waals surface area contributed by atoms with Crippen molar-refractivity contribution in [3.8, 4) is 11.5 Å². The zero-order valence-electron chi connectivity index (χ0n) is 16.5. The van der Waals surface area contributed by atoms with Crippen LogP contribution in [0.3, 0.4) is 0 Å². The summed E-state index contributed by atoms with van der Waals surface area (Å²) in [6.07, 6.45) is 3.05. The van der Waals surface area contributed by atoms with E-state index in [1.807, 2.05) is 0 Å².